The molecule has 0 saturated carbocycles. The van der Waals surface area contributed by atoms with Gasteiger partial charge in [0.2, 0.25) is 11.8 Å². The lowest BCUT2D eigenvalue weighted by molar-refractivity contribution is -0.138. The van der Waals surface area contributed by atoms with Crippen LogP contribution >= 0.6 is 0 Å². The molecule has 7 heteroatoms. The van der Waals surface area contributed by atoms with Crippen LogP contribution in [0.4, 0.5) is 8.78 Å². The fraction of sp³-hybridized carbons (Fsp3) is 0.500. The molecule has 1 aromatic rings. The lowest BCUT2D eigenvalue weighted by Gasteiger charge is -2.27. The fourth-order valence-corrected chi connectivity index (χ4v) is 2.57. The van der Waals surface area contributed by atoms with E-state index in [0.29, 0.717) is 13.0 Å². The van der Waals surface area contributed by atoms with Gasteiger partial charge in [0.1, 0.15) is 0 Å². The summed E-state index contributed by atoms with van der Waals surface area (Å²) in [4.78, 5) is 25.1. The van der Waals surface area contributed by atoms with E-state index >= 15 is 0 Å². The van der Waals surface area contributed by atoms with Crippen molar-refractivity contribution in [1.29, 1.82) is 0 Å². The van der Waals surface area contributed by atoms with Gasteiger partial charge in [0.05, 0.1) is 18.7 Å². The number of hydrogen-bond donors (Lipinski definition) is 2. The Labute approximate surface area is 133 Å². The van der Waals surface area contributed by atoms with Gasteiger partial charge in [-0.1, -0.05) is 6.07 Å². The van der Waals surface area contributed by atoms with Crippen LogP contribution in [0, 0.1) is 11.6 Å². The number of amides is 2. The zero-order chi connectivity index (χ0) is 17.0. The summed E-state index contributed by atoms with van der Waals surface area (Å²) in [6.45, 7) is 2.04. The molecule has 1 aromatic carbocycles. The Hall–Kier alpha value is -2.02. The van der Waals surface area contributed by atoms with Crippen LogP contribution in [0.5, 0.6) is 0 Å². The molecule has 5 nitrogen and oxygen atoms in total. The molecular weight excluding hydrogens is 306 g/mol. The molecule has 1 saturated heterocycles. The number of aliphatic hydroxyl groups is 1. The second kappa shape index (κ2) is 7.50. The lowest BCUT2D eigenvalue weighted by atomic mass is 10.0. The number of likely N-dealkylation sites (tertiary alicyclic amines) is 1. The van der Waals surface area contributed by atoms with Gasteiger partial charge in [-0.3, -0.25) is 9.59 Å². The van der Waals surface area contributed by atoms with Crippen LogP contribution in [-0.2, 0) is 9.59 Å². The molecule has 126 valence electrons. The minimum absolute atomic E-state index is 0.0554. The third kappa shape index (κ3) is 4.48. The number of benzene rings is 1. The summed E-state index contributed by atoms with van der Waals surface area (Å²) < 4.78 is 26.1. The van der Waals surface area contributed by atoms with Gasteiger partial charge in [-0.15, -0.1) is 0 Å². The van der Waals surface area contributed by atoms with Crippen molar-refractivity contribution in [2.45, 2.75) is 38.3 Å². The molecule has 1 heterocycles. The van der Waals surface area contributed by atoms with Crippen LogP contribution in [0.25, 0.3) is 0 Å². The molecule has 23 heavy (non-hydrogen) atoms. The molecule has 1 aliphatic heterocycles. The SMILES string of the molecule is CC(NC(=O)CN1CCCCC1=O)C(O)c1ccc(F)c(F)c1. The Morgan fingerprint density at radius 1 is 1.35 bits per heavy atom. The number of carbonyl (C=O) groups is 2. The van der Waals surface area contributed by atoms with Crippen LogP contribution in [0.3, 0.4) is 0 Å². The van der Waals surface area contributed by atoms with E-state index in [2.05, 4.69) is 5.32 Å². The highest BCUT2D eigenvalue weighted by molar-refractivity contribution is 5.85. The van der Waals surface area contributed by atoms with Crippen molar-refractivity contribution in [2.24, 2.45) is 0 Å². The molecule has 0 radical (unpaired) electrons. The molecule has 1 aliphatic rings. The quantitative estimate of drug-likeness (QED) is 0.862. The molecule has 0 bridgehead atoms. The number of nitrogens with zero attached hydrogens (tertiary/aromatic N) is 1. The molecule has 2 N–H and O–H groups in total. The van der Waals surface area contributed by atoms with Crippen molar-refractivity contribution in [1.82, 2.24) is 10.2 Å². The van der Waals surface area contributed by atoms with Crippen LogP contribution in [-0.4, -0.2) is 41.0 Å². The minimum atomic E-state index is -1.17. The standard InChI is InChI=1S/C16H20F2N2O3/c1-10(16(23)11-5-6-12(17)13(18)8-11)19-14(21)9-20-7-3-2-4-15(20)22/h5-6,8,10,16,23H,2-4,7,9H2,1H3,(H,19,21). The van der Waals surface area contributed by atoms with Gasteiger partial charge in [-0.2, -0.15) is 0 Å². The maximum absolute atomic E-state index is 13.2. The van der Waals surface area contributed by atoms with Crippen molar-refractivity contribution in [3.8, 4) is 0 Å². The number of halogens is 2. The van der Waals surface area contributed by atoms with E-state index in [0.717, 1.165) is 25.0 Å². The molecule has 0 aromatic heterocycles. The molecule has 2 rings (SSSR count). The van der Waals surface area contributed by atoms with Crippen LogP contribution < -0.4 is 5.32 Å². The van der Waals surface area contributed by atoms with E-state index < -0.39 is 29.7 Å². The second-order valence-corrected chi connectivity index (χ2v) is 5.75. The van der Waals surface area contributed by atoms with E-state index in [1.807, 2.05) is 0 Å². The summed E-state index contributed by atoms with van der Waals surface area (Å²) in [5, 5.41) is 12.7. The molecule has 0 aliphatic carbocycles. The third-order valence-corrected chi connectivity index (χ3v) is 3.90. The molecule has 0 spiro atoms. The van der Waals surface area contributed by atoms with Crippen molar-refractivity contribution in [2.75, 3.05) is 13.1 Å². The van der Waals surface area contributed by atoms with Crippen molar-refractivity contribution >= 4 is 11.8 Å². The van der Waals surface area contributed by atoms with Gasteiger partial charge in [-0.05, 0) is 37.5 Å². The van der Waals surface area contributed by atoms with Gasteiger partial charge in [0.25, 0.3) is 0 Å². The maximum Gasteiger partial charge on any atom is 0.239 e. The highest BCUT2D eigenvalue weighted by atomic mass is 19.2. The number of aliphatic hydroxyl groups excluding tert-OH is 1. The van der Waals surface area contributed by atoms with Gasteiger partial charge in [-0.25, -0.2) is 8.78 Å². The Morgan fingerprint density at radius 3 is 2.74 bits per heavy atom. The maximum atomic E-state index is 13.2. The summed E-state index contributed by atoms with van der Waals surface area (Å²) in [5.74, 6) is -2.50. The predicted octanol–water partition coefficient (Wildman–Crippen LogP) is 1.52. The topological polar surface area (TPSA) is 69.6 Å². The largest absolute Gasteiger partial charge is 0.386 e. The predicted molar refractivity (Wildman–Crippen MR) is 79.4 cm³/mol. The summed E-state index contributed by atoms with van der Waals surface area (Å²) in [6, 6.07) is 2.39. The van der Waals surface area contributed by atoms with E-state index in [-0.39, 0.29) is 18.0 Å². The second-order valence-electron chi connectivity index (χ2n) is 5.75. The number of piperidine rings is 1. The molecule has 2 atom stereocenters. The van der Waals surface area contributed by atoms with Gasteiger partial charge in [0, 0.05) is 13.0 Å². The smallest absolute Gasteiger partial charge is 0.239 e. The molecule has 2 unspecified atom stereocenters. The lowest BCUT2D eigenvalue weighted by Crippen LogP contribution is -2.46. The minimum Gasteiger partial charge on any atom is -0.386 e. The first kappa shape index (κ1) is 17.3. The highest BCUT2D eigenvalue weighted by Crippen LogP contribution is 2.19. The fourth-order valence-electron chi connectivity index (χ4n) is 2.57. The number of rotatable bonds is 5. The van der Waals surface area contributed by atoms with Crippen molar-refractivity contribution < 1.29 is 23.5 Å². The van der Waals surface area contributed by atoms with Crippen LogP contribution in [0.15, 0.2) is 18.2 Å². The molecular formula is C16H20F2N2O3. The normalized spacial score (nSPS) is 17.7. The monoisotopic (exact) mass is 326 g/mol. The average molecular weight is 326 g/mol. The Kier molecular flexibility index (Phi) is 5.65. The van der Waals surface area contributed by atoms with E-state index in [1.54, 1.807) is 6.92 Å². The summed E-state index contributed by atoms with van der Waals surface area (Å²) in [5.41, 5.74) is 0.172. The summed E-state index contributed by atoms with van der Waals surface area (Å²) in [6.07, 6.45) is 0.972. The Morgan fingerprint density at radius 2 is 2.09 bits per heavy atom. The van der Waals surface area contributed by atoms with Gasteiger partial charge >= 0.3 is 0 Å². The van der Waals surface area contributed by atoms with Gasteiger partial charge in [0.15, 0.2) is 11.6 Å². The summed E-state index contributed by atoms with van der Waals surface area (Å²) >= 11 is 0. The zero-order valence-electron chi connectivity index (χ0n) is 12.9. The molecule has 1 fully saturated rings. The van der Waals surface area contributed by atoms with E-state index in [1.165, 1.54) is 11.0 Å². The Balaban J connectivity index is 1.91. The summed E-state index contributed by atoms with van der Waals surface area (Å²) in [7, 11) is 0. The Bertz CT molecular complexity index is 595. The van der Waals surface area contributed by atoms with E-state index in [4.69, 9.17) is 0 Å². The van der Waals surface area contributed by atoms with E-state index in [9.17, 15) is 23.5 Å². The first-order valence-corrected chi connectivity index (χ1v) is 7.58. The first-order chi connectivity index (χ1) is 10.9. The first-order valence-electron chi connectivity index (χ1n) is 7.58. The number of carbonyl (C=O) groups excluding carboxylic acids is 2. The zero-order valence-corrected chi connectivity index (χ0v) is 12.9. The van der Waals surface area contributed by atoms with Crippen LogP contribution in [0.2, 0.25) is 0 Å². The molecule has 2 amide bonds. The number of hydrogen-bond acceptors (Lipinski definition) is 3. The average Bonchev–Trinajstić information content (AvgIpc) is 2.51. The van der Waals surface area contributed by atoms with Crippen molar-refractivity contribution in [3.05, 3.63) is 35.4 Å². The third-order valence-electron chi connectivity index (χ3n) is 3.90. The van der Waals surface area contributed by atoms with Crippen LogP contribution in [0.1, 0.15) is 37.9 Å². The number of nitrogens with one attached hydrogen (secondary N) is 1. The van der Waals surface area contributed by atoms with Crippen molar-refractivity contribution in [3.63, 3.8) is 0 Å². The highest BCUT2D eigenvalue weighted by Gasteiger charge is 2.23. The van der Waals surface area contributed by atoms with Gasteiger partial charge < -0.3 is 15.3 Å².